The highest BCUT2D eigenvalue weighted by molar-refractivity contribution is 7.99. The molecule has 1 saturated carbocycles. The van der Waals surface area contributed by atoms with Crippen molar-refractivity contribution in [3.63, 3.8) is 0 Å². The van der Waals surface area contributed by atoms with Gasteiger partial charge in [-0.2, -0.15) is 11.8 Å². The molecule has 5 atom stereocenters. The second-order valence-corrected chi connectivity index (χ2v) is 7.63. The molecule has 1 heterocycles. The Morgan fingerprint density at radius 2 is 2.06 bits per heavy atom. The summed E-state index contributed by atoms with van der Waals surface area (Å²) in [4.78, 5) is 0. The van der Waals surface area contributed by atoms with E-state index in [1.54, 1.807) is 0 Å². The van der Waals surface area contributed by atoms with Crippen LogP contribution in [0.15, 0.2) is 0 Å². The van der Waals surface area contributed by atoms with E-state index in [-0.39, 0.29) is 0 Å². The summed E-state index contributed by atoms with van der Waals surface area (Å²) in [6.45, 7) is 9.82. The van der Waals surface area contributed by atoms with E-state index in [9.17, 15) is 0 Å². The van der Waals surface area contributed by atoms with Crippen LogP contribution in [0.25, 0.3) is 0 Å². The molecule has 0 bridgehead atoms. The first-order valence-electron chi connectivity index (χ1n) is 7.26. The minimum atomic E-state index is 0.893. The number of fused-ring (bicyclic) bond motifs is 1. The summed E-state index contributed by atoms with van der Waals surface area (Å²) in [6.07, 6.45) is 5.86. The van der Waals surface area contributed by atoms with Crippen LogP contribution >= 0.6 is 11.8 Å². The molecule has 5 unspecified atom stereocenters. The van der Waals surface area contributed by atoms with E-state index in [0.717, 1.165) is 34.8 Å². The van der Waals surface area contributed by atoms with Crippen LogP contribution in [0.5, 0.6) is 0 Å². The Bertz CT molecular complexity index is 223. The Morgan fingerprint density at radius 3 is 2.69 bits per heavy atom. The zero-order chi connectivity index (χ0) is 11.7. The third-order valence-corrected chi connectivity index (χ3v) is 6.65. The molecule has 0 radical (unpaired) electrons. The normalized spacial score (nSPS) is 44.4. The minimum Gasteiger partial charge on any atom is -0.158 e. The fraction of sp³-hybridized carbons (Fsp3) is 1.00. The Hall–Kier alpha value is 0.350. The van der Waals surface area contributed by atoms with Crippen LogP contribution < -0.4 is 0 Å². The van der Waals surface area contributed by atoms with Gasteiger partial charge in [-0.15, -0.1) is 0 Å². The maximum atomic E-state index is 2.52. The summed E-state index contributed by atoms with van der Waals surface area (Å²) in [5.74, 6) is 6.35. The van der Waals surface area contributed by atoms with Gasteiger partial charge in [0, 0.05) is 5.25 Å². The molecule has 0 nitrogen and oxygen atoms in total. The molecule has 0 aromatic rings. The molecule has 0 aromatic carbocycles. The quantitative estimate of drug-likeness (QED) is 0.666. The first-order chi connectivity index (χ1) is 7.65. The topological polar surface area (TPSA) is 0 Å². The van der Waals surface area contributed by atoms with Gasteiger partial charge in [0.2, 0.25) is 0 Å². The largest absolute Gasteiger partial charge is 0.158 e. The maximum absolute atomic E-state index is 2.52. The van der Waals surface area contributed by atoms with Crippen molar-refractivity contribution in [2.75, 3.05) is 5.75 Å². The molecular weight excluding hydrogens is 212 g/mol. The van der Waals surface area contributed by atoms with Crippen LogP contribution in [0.1, 0.15) is 53.4 Å². The van der Waals surface area contributed by atoms with Crippen LogP contribution in [-0.2, 0) is 0 Å². The van der Waals surface area contributed by atoms with Gasteiger partial charge in [-0.1, -0.05) is 34.1 Å². The second kappa shape index (κ2) is 5.33. The molecular formula is C15H28S. The summed E-state index contributed by atoms with van der Waals surface area (Å²) >= 11 is 2.31. The van der Waals surface area contributed by atoms with Crippen LogP contribution in [-0.4, -0.2) is 11.0 Å². The van der Waals surface area contributed by atoms with Gasteiger partial charge in [0.1, 0.15) is 0 Å². The van der Waals surface area contributed by atoms with Gasteiger partial charge < -0.3 is 0 Å². The molecule has 1 aliphatic heterocycles. The highest BCUT2D eigenvalue weighted by Crippen LogP contribution is 2.52. The molecule has 1 saturated heterocycles. The van der Waals surface area contributed by atoms with E-state index >= 15 is 0 Å². The number of hydrogen-bond donors (Lipinski definition) is 0. The monoisotopic (exact) mass is 240 g/mol. The van der Waals surface area contributed by atoms with Gasteiger partial charge >= 0.3 is 0 Å². The number of rotatable bonds is 2. The maximum Gasteiger partial charge on any atom is 0.0109 e. The fourth-order valence-electron chi connectivity index (χ4n) is 4.23. The van der Waals surface area contributed by atoms with Crippen molar-refractivity contribution in [2.45, 2.75) is 58.6 Å². The van der Waals surface area contributed by atoms with Crippen molar-refractivity contribution < 1.29 is 0 Å². The lowest BCUT2D eigenvalue weighted by Gasteiger charge is -2.32. The summed E-state index contributed by atoms with van der Waals surface area (Å²) < 4.78 is 0. The third kappa shape index (κ3) is 2.30. The molecule has 0 spiro atoms. The summed E-state index contributed by atoms with van der Waals surface area (Å²) in [6, 6.07) is 0. The SMILES string of the molecule is CCC1CC(C)C2C(C(C)C)CCCSC12. The van der Waals surface area contributed by atoms with Crippen LogP contribution in [0.3, 0.4) is 0 Å². The summed E-state index contributed by atoms with van der Waals surface area (Å²) in [5, 5.41) is 0.995. The van der Waals surface area contributed by atoms with Gasteiger partial charge in [-0.3, -0.25) is 0 Å². The van der Waals surface area contributed by atoms with Crippen LogP contribution in [0, 0.1) is 29.6 Å². The lowest BCUT2D eigenvalue weighted by Crippen LogP contribution is -2.29. The molecule has 0 aromatic heterocycles. The average Bonchev–Trinajstić information content (AvgIpc) is 2.47. The first-order valence-corrected chi connectivity index (χ1v) is 8.31. The van der Waals surface area contributed by atoms with Crippen molar-refractivity contribution in [3.05, 3.63) is 0 Å². The Morgan fingerprint density at radius 1 is 1.31 bits per heavy atom. The van der Waals surface area contributed by atoms with E-state index in [0.29, 0.717) is 0 Å². The van der Waals surface area contributed by atoms with Crippen molar-refractivity contribution in [2.24, 2.45) is 29.6 Å². The number of hydrogen-bond acceptors (Lipinski definition) is 1. The predicted molar refractivity (Wildman–Crippen MR) is 74.9 cm³/mol. The fourth-order valence-corrected chi connectivity index (χ4v) is 6.10. The molecule has 0 N–H and O–H groups in total. The lowest BCUT2D eigenvalue weighted by atomic mass is 9.75. The van der Waals surface area contributed by atoms with Gasteiger partial charge in [-0.25, -0.2) is 0 Å². The molecule has 0 amide bonds. The lowest BCUT2D eigenvalue weighted by molar-refractivity contribution is 0.205. The van der Waals surface area contributed by atoms with Crippen LogP contribution in [0.2, 0.25) is 0 Å². The summed E-state index contributed by atoms with van der Waals surface area (Å²) in [5.41, 5.74) is 0. The second-order valence-electron chi connectivity index (χ2n) is 6.34. The average molecular weight is 240 g/mol. The predicted octanol–water partition coefficient (Wildman–Crippen LogP) is 4.84. The molecule has 16 heavy (non-hydrogen) atoms. The molecule has 1 heteroatoms. The van der Waals surface area contributed by atoms with Gasteiger partial charge in [0.25, 0.3) is 0 Å². The van der Waals surface area contributed by atoms with Gasteiger partial charge in [0.05, 0.1) is 0 Å². The molecule has 1 aliphatic carbocycles. The van der Waals surface area contributed by atoms with E-state index < -0.39 is 0 Å². The Labute approximate surface area is 106 Å². The van der Waals surface area contributed by atoms with E-state index in [1.165, 1.54) is 31.4 Å². The molecule has 2 fully saturated rings. The van der Waals surface area contributed by atoms with Crippen molar-refractivity contribution in [1.82, 2.24) is 0 Å². The Kier molecular flexibility index (Phi) is 4.26. The van der Waals surface area contributed by atoms with Crippen molar-refractivity contribution >= 4 is 11.8 Å². The van der Waals surface area contributed by atoms with Crippen molar-refractivity contribution in [3.8, 4) is 0 Å². The van der Waals surface area contributed by atoms with E-state index in [1.807, 2.05) is 0 Å². The Balaban J connectivity index is 2.18. The van der Waals surface area contributed by atoms with E-state index in [4.69, 9.17) is 0 Å². The zero-order valence-corrected chi connectivity index (χ0v) is 12.2. The van der Waals surface area contributed by atoms with Crippen molar-refractivity contribution in [1.29, 1.82) is 0 Å². The molecule has 2 aliphatic rings. The zero-order valence-electron chi connectivity index (χ0n) is 11.4. The van der Waals surface area contributed by atoms with Gasteiger partial charge in [0.15, 0.2) is 0 Å². The highest BCUT2D eigenvalue weighted by Gasteiger charge is 2.45. The molecule has 2 rings (SSSR count). The highest BCUT2D eigenvalue weighted by atomic mass is 32.2. The standard InChI is InChI=1S/C15H28S/c1-5-12-9-11(4)14-13(10(2)3)7-6-8-16-15(12)14/h10-15H,5-9H2,1-4H3. The summed E-state index contributed by atoms with van der Waals surface area (Å²) in [7, 11) is 0. The smallest absolute Gasteiger partial charge is 0.0109 e. The van der Waals surface area contributed by atoms with E-state index in [2.05, 4.69) is 39.5 Å². The minimum absolute atomic E-state index is 0.893. The first kappa shape index (κ1) is 12.8. The third-order valence-electron chi connectivity index (χ3n) is 5.04. The number of thioether (sulfide) groups is 1. The van der Waals surface area contributed by atoms with Crippen LogP contribution in [0.4, 0.5) is 0 Å². The van der Waals surface area contributed by atoms with Gasteiger partial charge in [-0.05, 0) is 54.6 Å². The molecule has 94 valence electrons.